The third-order valence-corrected chi connectivity index (χ3v) is 6.82. The molecule has 1 fully saturated rings. The Morgan fingerprint density at radius 2 is 1.90 bits per heavy atom. The van der Waals surface area contributed by atoms with Gasteiger partial charge in [-0.15, -0.1) is 11.3 Å². The van der Waals surface area contributed by atoms with Crippen LogP contribution in [0.25, 0.3) is 21.5 Å². The smallest absolute Gasteiger partial charge is 0.339 e. The fourth-order valence-electron chi connectivity index (χ4n) is 4.11. The average molecular weight is 443 g/mol. The van der Waals surface area contributed by atoms with Crippen molar-refractivity contribution in [2.45, 2.75) is 45.2 Å². The number of nitrogens with zero attached hydrogens (tertiary/aromatic N) is 2. The molecule has 7 heteroatoms. The third kappa shape index (κ3) is 4.20. The van der Waals surface area contributed by atoms with Gasteiger partial charge in [0.1, 0.15) is 0 Å². The second kappa shape index (κ2) is 8.74. The summed E-state index contributed by atoms with van der Waals surface area (Å²) in [4.78, 5) is 33.1. The molecule has 1 amide bonds. The molecule has 0 N–H and O–H groups in total. The van der Waals surface area contributed by atoms with E-state index in [2.05, 4.69) is 4.98 Å². The number of pyridine rings is 1. The normalized spacial score (nSPS) is 19.1. The Morgan fingerprint density at radius 1 is 1.17 bits per heavy atom. The monoisotopic (exact) mass is 442 g/mol. The molecule has 0 bridgehead atoms. The lowest BCUT2D eigenvalue weighted by molar-refractivity contribution is -0.140. The number of rotatable bonds is 4. The molecular formula is C23H23ClN2O3S. The minimum atomic E-state index is -0.525. The number of thiophene rings is 1. The molecule has 2 unspecified atom stereocenters. The van der Waals surface area contributed by atoms with Gasteiger partial charge in [-0.3, -0.25) is 4.79 Å². The number of para-hydroxylation sites is 1. The number of fused-ring (bicyclic) bond motifs is 1. The van der Waals surface area contributed by atoms with Crippen LogP contribution in [0.1, 0.15) is 43.5 Å². The van der Waals surface area contributed by atoms with E-state index in [0.717, 1.165) is 24.1 Å². The largest absolute Gasteiger partial charge is 0.452 e. The summed E-state index contributed by atoms with van der Waals surface area (Å²) >= 11 is 7.47. The van der Waals surface area contributed by atoms with Gasteiger partial charge in [0.2, 0.25) is 0 Å². The predicted molar refractivity (Wildman–Crippen MR) is 120 cm³/mol. The number of ether oxygens (including phenoxy) is 1. The lowest BCUT2D eigenvalue weighted by Gasteiger charge is -2.38. The number of likely N-dealkylation sites (tertiary alicyclic amines) is 1. The second-order valence-electron chi connectivity index (χ2n) is 7.68. The van der Waals surface area contributed by atoms with Crippen molar-refractivity contribution in [2.24, 2.45) is 0 Å². The van der Waals surface area contributed by atoms with Crippen molar-refractivity contribution < 1.29 is 14.3 Å². The van der Waals surface area contributed by atoms with Gasteiger partial charge in [-0.25, -0.2) is 9.78 Å². The van der Waals surface area contributed by atoms with Gasteiger partial charge in [0.25, 0.3) is 5.91 Å². The number of amides is 1. The van der Waals surface area contributed by atoms with Gasteiger partial charge in [-0.05, 0) is 57.4 Å². The predicted octanol–water partition coefficient (Wildman–Crippen LogP) is 5.56. The molecule has 2 atom stereocenters. The van der Waals surface area contributed by atoms with Gasteiger partial charge in [0.05, 0.1) is 26.0 Å². The van der Waals surface area contributed by atoms with Crippen molar-refractivity contribution in [3.63, 3.8) is 0 Å². The molecule has 156 valence electrons. The Kier molecular flexibility index (Phi) is 6.06. The van der Waals surface area contributed by atoms with E-state index in [9.17, 15) is 9.59 Å². The highest BCUT2D eigenvalue weighted by Crippen LogP contribution is 2.32. The van der Waals surface area contributed by atoms with Crippen molar-refractivity contribution in [3.8, 4) is 10.6 Å². The highest BCUT2D eigenvalue weighted by atomic mass is 35.5. The average Bonchev–Trinajstić information content (AvgIpc) is 3.17. The first-order valence-corrected chi connectivity index (χ1v) is 11.3. The molecule has 3 heterocycles. The van der Waals surface area contributed by atoms with E-state index in [1.54, 1.807) is 12.1 Å². The maximum absolute atomic E-state index is 13.0. The summed E-state index contributed by atoms with van der Waals surface area (Å²) in [5.74, 6) is -0.671. The van der Waals surface area contributed by atoms with Crippen LogP contribution in [0.3, 0.4) is 0 Å². The van der Waals surface area contributed by atoms with Crippen LogP contribution in [-0.4, -0.2) is 40.5 Å². The minimum Gasteiger partial charge on any atom is -0.452 e. The lowest BCUT2D eigenvalue weighted by Crippen LogP contribution is -2.49. The van der Waals surface area contributed by atoms with E-state index < -0.39 is 5.97 Å². The van der Waals surface area contributed by atoms with Gasteiger partial charge in [-0.2, -0.15) is 0 Å². The van der Waals surface area contributed by atoms with Crippen LogP contribution in [0.2, 0.25) is 4.34 Å². The zero-order valence-electron chi connectivity index (χ0n) is 16.9. The van der Waals surface area contributed by atoms with Crippen LogP contribution in [0.4, 0.5) is 0 Å². The number of piperidine rings is 1. The molecule has 0 radical (unpaired) electrons. The Hall–Kier alpha value is -2.44. The standard InChI is InChI=1S/C23H23ClN2O3S/c1-14-6-5-7-15(2)26(14)22(27)13-29-23(28)17-12-19(20-10-11-21(24)30-20)25-18-9-4-3-8-16(17)18/h3-4,8-12,14-15H,5-7,13H2,1-2H3. The number of esters is 1. The summed E-state index contributed by atoms with van der Waals surface area (Å²) in [5, 5.41) is 0.695. The molecule has 1 aliphatic rings. The summed E-state index contributed by atoms with van der Waals surface area (Å²) in [6.45, 7) is 3.83. The van der Waals surface area contributed by atoms with E-state index in [1.165, 1.54) is 11.3 Å². The highest BCUT2D eigenvalue weighted by Gasteiger charge is 2.29. The zero-order chi connectivity index (χ0) is 21.3. The molecule has 30 heavy (non-hydrogen) atoms. The molecule has 2 aromatic heterocycles. The first kappa shape index (κ1) is 20.8. The number of benzene rings is 1. The molecule has 4 rings (SSSR count). The van der Waals surface area contributed by atoms with E-state index >= 15 is 0 Å². The van der Waals surface area contributed by atoms with Crippen molar-refractivity contribution in [1.82, 2.24) is 9.88 Å². The Balaban J connectivity index is 1.59. The van der Waals surface area contributed by atoms with Crippen LogP contribution in [0.15, 0.2) is 42.5 Å². The molecule has 0 saturated carbocycles. The highest BCUT2D eigenvalue weighted by molar-refractivity contribution is 7.19. The number of hydrogen-bond acceptors (Lipinski definition) is 5. The van der Waals surface area contributed by atoms with Gasteiger partial charge in [0, 0.05) is 17.5 Å². The summed E-state index contributed by atoms with van der Waals surface area (Å²) in [7, 11) is 0. The second-order valence-corrected chi connectivity index (χ2v) is 9.40. The van der Waals surface area contributed by atoms with Gasteiger partial charge >= 0.3 is 5.97 Å². The van der Waals surface area contributed by atoms with Crippen molar-refractivity contribution in [3.05, 3.63) is 52.4 Å². The maximum atomic E-state index is 13.0. The number of hydrogen-bond donors (Lipinski definition) is 0. The van der Waals surface area contributed by atoms with Crippen LogP contribution in [-0.2, 0) is 9.53 Å². The van der Waals surface area contributed by atoms with Crippen molar-refractivity contribution in [2.75, 3.05) is 6.61 Å². The molecule has 5 nitrogen and oxygen atoms in total. The van der Waals surface area contributed by atoms with E-state index in [-0.39, 0.29) is 24.6 Å². The molecule has 1 aromatic carbocycles. The maximum Gasteiger partial charge on any atom is 0.339 e. The van der Waals surface area contributed by atoms with Crippen LogP contribution < -0.4 is 0 Å². The lowest BCUT2D eigenvalue weighted by atomic mass is 9.97. The Morgan fingerprint density at radius 3 is 2.60 bits per heavy atom. The number of carbonyl (C=O) groups is 2. The van der Waals surface area contributed by atoms with Gasteiger partial charge in [0.15, 0.2) is 6.61 Å². The van der Waals surface area contributed by atoms with Gasteiger partial charge < -0.3 is 9.64 Å². The molecular weight excluding hydrogens is 420 g/mol. The van der Waals surface area contributed by atoms with E-state index in [1.807, 2.05) is 49.1 Å². The minimum absolute atomic E-state index is 0.147. The molecule has 0 aliphatic carbocycles. The van der Waals surface area contributed by atoms with Crippen LogP contribution in [0, 0.1) is 0 Å². The fourth-order valence-corrected chi connectivity index (χ4v) is 5.12. The van der Waals surface area contributed by atoms with Crippen LogP contribution in [0.5, 0.6) is 0 Å². The Labute approximate surface area is 184 Å². The number of aromatic nitrogens is 1. The number of halogens is 1. The van der Waals surface area contributed by atoms with Crippen molar-refractivity contribution >= 4 is 45.7 Å². The SMILES string of the molecule is CC1CCCC(C)N1C(=O)COC(=O)c1cc(-c2ccc(Cl)s2)nc2ccccc12. The number of carbonyl (C=O) groups excluding carboxylic acids is 2. The van der Waals surface area contributed by atoms with Crippen LogP contribution >= 0.6 is 22.9 Å². The molecule has 3 aromatic rings. The summed E-state index contributed by atoms with van der Waals surface area (Å²) < 4.78 is 6.12. The quantitative estimate of drug-likeness (QED) is 0.496. The molecule has 1 saturated heterocycles. The third-order valence-electron chi connectivity index (χ3n) is 5.57. The Bertz CT molecular complexity index is 1090. The van der Waals surface area contributed by atoms with E-state index in [4.69, 9.17) is 16.3 Å². The first-order chi connectivity index (χ1) is 14.4. The zero-order valence-corrected chi connectivity index (χ0v) is 18.5. The molecule has 1 aliphatic heterocycles. The summed E-state index contributed by atoms with van der Waals surface area (Å²) in [5.41, 5.74) is 1.74. The summed E-state index contributed by atoms with van der Waals surface area (Å²) in [6, 6.07) is 13.1. The summed E-state index contributed by atoms with van der Waals surface area (Å²) in [6.07, 6.45) is 3.07. The molecule has 0 spiro atoms. The fraction of sp³-hybridized carbons (Fsp3) is 0.348. The van der Waals surface area contributed by atoms with Gasteiger partial charge in [-0.1, -0.05) is 29.8 Å². The topological polar surface area (TPSA) is 59.5 Å². The first-order valence-electron chi connectivity index (χ1n) is 10.1. The van der Waals surface area contributed by atoms with Crippen molar-refractivity contribution in [1.29, 1.82) is 0 Å². The van der Waals surface area contributed by atoms with E-state index in [0.29, 0.717) is 26.5 Å².